The van der Waals surface area contributed by atoms with E-state index in [0.717, 1.165) is 9.13 Å². The zero-order valence-electron chi connectivity index (χ0n) is 12.8. The van der Waals surface area contributed by atoms with Crippen LogP contribution in [-0.4, -0.2) is 8.42 Å². The van der Waals surface area contributed by atoms with Crippen LogP contribution in [0.25, 0.3) is 0 Å². The molecule has 0 bridgehead atoms. The first-order valence-electron chi connectivity index (χ1n) is 7.45. The molecule has 0 aromatic heterocycles. The fourth-order valence-corrected chi connectivity index (χ4v) is 4.20. The third-order valence-electron chi connectivity index (χ3n) is 3.61. The third kappa shape index (κ3) is 3.79. The molecular weight excluding hydrogens is 433 g/mol. The highest BCUT2D eigenvalue weighted by molar-refractivity contribution is 14.1. The first kappa shape index (κ1) is 17.0. The number of anilines is 1. The van der Waals surface area contributed by atoms with Gasteiger partial charge in [-0.25, -0.2) is 8.42 Å². The summed E-state index contributed by atoms with van der Waals surface area (Å²) in [6, 6.07) is 25.7. The lowest BCUT2D eigenvalue weighted by molar-refractivity contribution is 0.590. The van der Waals surface area contributed by atoms with Crippen molar-refractivity contribution in [2.24, 2.45) is 0 Å². The highest BCUT2D eigenvalue weighted by atomic mass is 127. The van der Waals surface area contributed by atoms with E-state index in [2.05, 4.69) is 22.6 Å². The fourth-order valence-electron chi connectivity index (χ4n) is 2.39. The number of halogens is 1. The van der Waals surface area contributed by atoms with Gasteiger partial charge >= 0.3 is 0 Å². The van der Waals surface area contributed by atoms with Gasteiger partial charge in [0.2, 0.25) is 0 Å². The Kier molecular flexibility index (Phi) is 5.20. The maximum atomic E-state index is 13.2. The number of rotatable bonds is 5. The lowest BCUT2D eigenvalue weighted by Crippen LogP contribution is -2.30. The molecule has 122 valence electrons. The summed E-state index contributed by atoms with van der Waals surface area (Å²) in [6.45, 7) is 0.291. The minimum Gasteiger partial charge on any atom is -0.262 e. The summed E-state index contributed by atoms with van der Waals surface area (Å²) in [5.41, 5.74) is 1.59. The first-order valence-corrected chi connectivity index (χ1v) is 9.96. The van der Waals surface area contributed by atoms with Crippen LogP contribution in [0.4, 0.5) is 5.69 Å². The Bertz CT molecular complexity index is 895. The summed E-state index contributed by atoms with van der Waals surface area (Å²) in [4.78, 5) is 0.294. The second-order valence-electron chi connectivity index (χ2n) is 5.29. The van der Waals surface area contributed by atoms with Crippen molar-refractivity contribution in [1.82, 2.24) is 0 Å². The van der Waals surface area contributed by atoms with Gasteiger partial charge < -0.3 is 0 Å². The van der Waals surface area contributed by atoms with E-state index in [9.17, 15) is 8.42 Å². The molecule has 0 aliphatic carbocycles. The molecule has 0 saturated carbocycles. The second-order valence-corrected chi connectivity index (χ2v) is 8.39. The average molecular weight is 449 g/mol. The van der Waals surface area contributed by atoms with Gasteiger partial charge in [-0.05, 0) is 64.6 Å². The van der Waals surface area contributed by atoms with E-state index in [0.29, 0.717) is 17.1 Å². The van der Waals surface area contributed by atoms with Gasteiger partial charge in [0.1, 0.15) is 0 Å². The molecule has 0 aliphatic rings. The van der Waals surface area contributed by atoms with Crippen molar-refractivity contribution in [2.75, 3.05) is 4.31 Å². The van der Waals surface area contributed by atoms with Gasteiger partial charge in [-0.15, -0.1) is 0 Å². The SMILES string of the molecule is O=S(=O)(c1ccc(I)cc1)N(Cc1ccccc1)c1ccccc1. The average Bonchev–Trinajstić information content (AvgIpc) is 2.61. The van der Waals surface area contributed by atoms with Gasteiger partial charge in [-0.1, -0.05) is 48.5 Å². The Balaban J connectivity index is 2.05. The molecule has 0 fully saturated rings. The quantitative estimate of drug-likeness (QED) is 0.531. The molecule has 0 heterocycles. The van der Waals surface area contributed by atoms with Crippen LogP contribution < -0.4 is 4.31 Å². The molecule has 0 aliphatic heterocycles. The molecule has 0 radical (unpaired) electrons. The molecule has 24 heavy (non-hydrogen) atoms. The lowest BCUT2D eigenvalue weighted by Gasteiger charge is -2.24. The molecule has 3 rings (SSSR count). The second kappa shape index (κ2) is 7.36. The zero-order chi connectivity index (χ0) is 17.0. The minimum atomic E-state index is -3.64. The molecule has 3 aromatic rings. The van der Waals surface area contributed by atoms with Crippen LogP contribution in [0, 0.1) is 3.57 Å². The van der Waals surface area contributed by atoms with Gasteiger partial charge in [0.25, 0.3) is 10.0 Å². The molecular formula is C19H16INO2S. The minimum absolute atomic E-state index is 0.291. The summed E-state index contributed by atoms with van der Waals surface area (Å²) in [5.74, 6) is 0. The summed E-state index contributed by atoms with van der Waals surface area (Å²) in [5, 5.41) is 0. The monoisotopic (exact) mass is 449 g/mol. The van der Waals surface area contributed by atoms with Crippen molar-refractivity contribution in [3.8, 4) is 0 Å². The van der Waals surface area contributed by atoms with Crippen LogP contribution >= 0.6 is 22.6 Å². The van der Waals surface area contributed by atoms with E-state index >= 15 is 0 Å². The van der Waals surface area contributed by atoms with Crippen LogP contribution in [0.2, 0.25) is 0 Å². The summed E-state index contributed by atoms with van der Waals surface area (Å²) in [6.07, 6.45) is 0. The number of sulfonamides is 1. The van der Waals surface area contributed by atoms with Crippen molar-refractivity contribution >= 4 is 38.3 Å². The molecule has 0 amide bonds. The van der Waals surface area contributed by atoms with Crippen LogP contribution in [0.5, 0.6) is 0 Å². The van der Waals surface area contributed by atoms with Crippen molar-refractivity contribution in [1.29, 1.82) is 0 Å². The number of hydrogen-bond acceptors (Lipinski definition) is 2. The summed E-state index contributed by atoms with van der Waals surface area (Å²) in [7, 11) is -3.64. The predicted octanol–water partition coefficient (Wildman–Crippen LogP) is 4.69. The molecule has 0 spiro atoms. The maximum Gasteiger partial charge on any atom is 0.264 e. The van der Waals surface area contributed by atoms with E-state index < -0.39 is 10.0 Å². The third-order valence-corrected chi connectivity index (χ3v) is 6.12. The Hall–Kier alpha value is -1.86. The number of hydrogen-bond donors (Lipinski definition) is 0. The van der Waals surface area contributed by atoms with Gasteiger partial charge in [-0.2, -0.15) is 0 Å². The number of para-hydroxylation sites is 1. The Morgan fingerprint density at radius 2 is 1.29 bits per heavy atom. The highest BCUT2D eigenvalue weighted by Gasteiger charge is 2.25. The Labute approximate surface area is 156 Å². The zero-order valence-corrected chi connectivity index (χ0v) is 15.8. The highest BCUT2D eigenvalue weighted by Crippen LogP contribution is 2.26. The topological polar surface area (TPSA) is 37.4 Å². The van der Waals surface area contributed by atoms with Crippen LogP contribution in [0.15, 0.2) is 89.8 Å². The van der Waals surface area contributed by atoms with Gasteiger partial charge in [0.15, 0.2) is 0 Å². The van der Waals surface area contributed by atoms with Crippen molar-refractivity contribution < 1.29 is 8.42 Å². The maximum absolute atomic E-state index is 13.2. The van der Waals surface area contributed by atoms with Gasteiger partial charge in [0, 0.05) is 3.57 Å². The Morgan fingerprint density at radius 1 is 0.750 bits per heavy atom. The van der Waals surface area contributed by atoms with Crippen molar-refractivity contribution in [2.45, 2.75) is 11.4 Å². The molecule has 0 unspecified atom stereocenters. The lowest BCUT2D eigenvalue weighted by atomic mass is 10.2. The fraction of sp³-hybridized carbons (Fsp3) is 0.0526. The van der Waals surface area contributed by atoms with E-state index in [1.54, 1.807) is 24.3 Å². The molecule has 5 heteroatoms. The standard InChI is InChI=1S/C19H16INO2S/c20-17-11-13-19(14-12-17)24(22,23)21(18-9-5-2-6-10-18)15-16-7-3-1-4-8-16/h1-14H,15H2. The van der Waals surface area contributed by atoms with E-state index in [1.807, 2.05) is 60.7 Å². The van der Waals surface area contributed by atoms with E-state index in [4.69, 9.17) is 0 Å². The van der Waals surface area contributed by atoms with Crippen molar-refractivity contribution in [3.63, 3.8) is 0 Å². The van der Waals surface area contributed by atoms with Gasteiger partial charge in [0.05, 0.1) is 17.1 Å². The van der Waals surface area contributed by atoms with Crippen LogP contribution in [-0.2, 0) is 16.6 Å². The van der Waals surface area contributed by atoms with Crippen molar-refractivity contribution in [3.05, 3.63) is 94.1 Å². The van der Waals surface area contributed by atoms with Crippen LogP contribution in [0.1, 0.15) is 5.56 Å². The largest absolute Gasteiger partial charge is 0.264 e. The van der Waals surface area contributed by atoms with E-state index in [1.165, 1.54) is 4.31 Å². The van der Waals surface area contributed by atoms with Gasteiger partial charge in [-0.3, -0.25) is 4.31 Å². The molecule has 0 N–H and O–H groups in total. The summed E-state index contributed by atoms with van der Waals surface area (Å²) < 4.78 is 28.8. The smallest absolute Gasteiger partial charge is 0.262 e. The molecule has 0 atom stereocenters. The summed E-state index contributed by atoms with van der Waals surface area (Å²) >= 11 is 2.16. The predicted molar refractivity (Wildman–Crippen MR) is 105 cm³/mol. The number of benzene rings is 3. The first-order chi connectivity index (χ1) is 11.6. The normalized spacial score (nSPS) is 11.2. The number of nitrogens with zero attached hydrogens (tertiary/aromatic N) is 1. The molecule has 0 saturated heterocycles. The van der Waals surface area contributed by atoms with Crippen LogP contribution in [0.3, 0.4) is 0 Å². The molecule has 3 nitrogen and oxygen atoms in total. The molecule has 3 aromatic carbocycles. The Morgan fingerprint density at radius 3 is 1.88 bits per heavy atom. The van der Waals surface area contributed by atoms with E-state index in [-0.39, 0.29) is 0 Å².